The Kier molecular flexibility index (Phi) is 4.26. The summed E-state index contributed by atoms with van der Waals surface area (Å²) in [6.45, 7) is 6.88. The van der Waals surface area contributed by atoms with Crippen molar-refractivity contribution in [2.75, 3.05) is 23.0 Å². The molecule has 2 aromatic rings. The number of nitrogens with zero attached hydrogens (tertiary/aromatic N) is 2. The van der Waals surface area contributed by atoms with E-state index in [0.717, 1.165) is 17.9 Å². The van der Waals surface area contributed by atoms with Crippen molar-refractivity contribution in [2.24, 2.45) is 0 Å². The van der Waals surface area contributed by atoms with Gasteiger partial charge in [-0.2, -0.15) is 0 Å². The number of nitrogens with one attached hydrogen (secondary N) is 1. The molecule has 1 aromatic carbocycles. The second-order valence-electron chi connectivity index (χ2n) is 7.40. The van der Waals surface area contributed by atoms with Crippen molar-refractivity contribution >= 4 is 19.8 Å². The number of aromatic amines is 1. The molecule has 4 heteroatoms. The molecule has 0 amide bonds. The molecule has 1 aliphatic carbocycles. The van der Waals surface area contributed by atoms with Gasteiger partial charge in [-0.15, -0.1) is 0 Å². The molecule has 0 saturated carbocycles. The molecule has 1 fully saturated rings. The SMILES string of the molecule is C=C1CC(N(C)C)=CC(C)(c2ncc(-c3ccccc3)[nH]2)C1I1CC1. The van der Waals surface area contributed by atoms with E-state index < -0.39 is 19.8 Å². The summed E-state index contributed by atoms with van der Waals surface area (Å²) in [4.78, 5) is 10.7. The first-order valence-electron chi connectivity index (χ1n) is 8.77. The Bertz CT molecular complexity index is 817. The minimum atomic E-state index is -0.886. The number of aromatic nitrogens is 2. The summed E-state index contributed by atoms with van der Waals surface area (Å²) >= 11 is -0.886. The van der Waals surface area contributed by atoms with Crippen LogP contribution in [0, 0.1) is 0 Å². The molecule has 1 aromatic heterocycles. The van der Waals surface area contributed by atoms with Crippen molar-refractivity contribution in [1.29, 1.82) is 0 Å². The van der Waals surface area contributed by atoms with Gasteiger partial charge in [0.25, 0.3) is 0 Å². The first-order chi connectivity index (χ1) is 12.0. The van der Waals surface area contributed by atoms with Gasteiger partial charge in [0.05, 0.1) is 0 Å². The van der Waals surface area contributed by atoms with Crippen molar-refractivity contribution in [3.63, 3.8) is 0 Å². The minimum absolute atomic E-state index is 0.0523. The van der Waals surface area contributed by atoms with Gasteiger partial charge in [0.2, 0.25) is 0 Å². The third-order valence-corrected chi connectivity index (χ3v) is 11.5. The van der Waals surface area contributed by atoms with Crippen LogP contribution in [0.2, 0.25) is 0 Å². The second-order valence-corrected chi connectivity index (χ2v) is 13.6. The van der Waals surface area contributed by atoms with E-state index in [1.807, 2.05) is 6.20 Å². The predicted octanol–water partition coefficient (Wildman–Crippen LogP) is 4.63. The second kappa shape index (κ2) is 6.31. The Balaban J connectivity index is 1.78. The van der Waals surface area contributed by atoms with E-state index in [0.29, 0.717) is 3.92 Å². The number of allylic oxidation sites excluding steroid dienone is 2. The molecule has 1 aliphatic heterocycles. The number of hydrogen-bond donors (Lipinski definition) is 1. The normalized spacial score (nSPS) is 27.2. The topological polar surface area (TPSA) is 31.9 Å². The van der Waals surface area contributed by atoms with E-state index in [1.54, 1.807) is 0 Å². The third kappa shape index (κ3) is 3.05. The average molecular weight is 447 g/mol. The van der Waals surface area contributed by atoms with Gasteiger partial charge in [0.15, 0.2) is 0 Å². The molecule has 2 unspecified atom stereocenters. The number of halogens is 1. The fourth-order valence-electron chi connectivity index (χ4n) is 3.85. The van der Waals surface area contributed by atoms with Crippen LogP contribution in [0.5, 0.6) is 0 Å². The van der Waals surface area contributed by atoms with Crippen molar-refractivity contribution in [3.8, 4) is 11.3 Å². The molecule has 0 spiro atoms. The molecule has 1 saturated heterocycles. The number of benzene rings is 1. The molecule has 132 valence electrons. The monoisotopic (exact) mass is 447 g/mol. The summed E-state index contributed by atoms with van der Waals surface area (Å²) in [6, 6.07) is 10.5. The number of alkyl halides is 3. The zero-order chi connectivity index (χ0) is 17.6. The summed E-state index contributed by atoms with van der Waals surface area (Å²) in [5.41, 5.74) is 5.03. The van der Waals surface area contributed by atoms with Crippen molar-refractivity contribution in [2.45, 2.75) is 22.7 Å². The summed E-state index contributed by atoms with van der Waals surface area (Å²) in [5, 5.41) is 0. The van der Waals surface area contributed by atoms with Crippen molar-refractivity contribution in [1.82, 2.24) is 14.9 Å². The standard InChI is InChI=1S/C21H26IN3/c1-15-12-17(25(3)4)13-21(2,19(15)22-10-11-22)20-23-14-18(24-20)16-8-6-5-7-9-16/h5-9,13-14,19H,1,10-12H2,2-4H3,(H,23,24). The van der Waals surface area contributed by atoms with Crippen LogP contribution in [0.4, 0.5) is 0 Å². The predicted molar refractivity (Wildman–Crippen MR) is 114 cm³/mol. The first kappa shape index (κ1) is 16.9. The maximum absolute atomic E-state index is 4.84. The number of imidazole rings is 1. The van der Waals surface area contributed by atoms with Crippen molar-refractivity contribution < 1.29 is 0 Å². The van der Waals surface area contributed by atoms with E-state index in [2.05, 4.69) is 73.9 Å². The zero-order valence-electron chi connectivity index (χ0n) is 15.2. The van der Waals surface area contributed by atoms with E-state index in [4.69, 9.17) is 4.98 Å². The van der Waals surface area contributed by atoms with Crippen LogP contribution in [0.1, 0.15) is 19.2 Å². The fraction of sp³-hybridized carbons (Fsp3) is 0.381. The third-order valence-electron chi connectivity index (χ3n) is 5.22. The van der Waals surface area contributed by atoms with Crippen LogP contribution >= 0.6 is 19.8 Å². The Hall–Kier alpha value is -1.56. The molecule has 1 N–H and O–H groups in total. The van der Waals surface area contributed by atoms with Crippen LogP contribution in [0.15, 0.2) is 60.5 Å². The molecule has 0 radical (unpaired) electrons. The molecular formula is C21H26IN3. The van der Waals surface area contributed by atoms with Crippen LogP contribution < -0.4 is 0 Å². The van der Waals surface area contributed by atoms with Crippen molar-refractivity contribution in [3.05, 3.63) is 66.3 Å². The number of rotatable bonds is 4. The number of hydrogen-bond acceptors (Lipinski definition) is 2. The Morgan fingerprint density at radius 1 is 1.24 bits per heavy atom. The molecule has 2 atom stereocenters. The average Bonchev–Trinajstić information content (AvgIpc) is 3.28. The molecule has 25 heavy (non-hydrogen) atoms. The van der Waals surface area contributed by atoms with E-state index in [1.165, 1.54) is 25.7 Å². The summed E-state index contributed by atoms with van der Waals surface area (Å²) in [6.07, 6.45) is 5.48. The Morgan fingerprint density at radius 3 is 2.60 bits per heavy atom. The summed E-state index contributed by atoms with van der Waals surface area (Å²) in [7, 11) is 4.26. The molecular weight excluding hydrogens is 421 g/mol. The van der Waals surface area contributed by atoms with Crippen LogP contribution in [0.25, 0.3) is 11.3 Å². The molecule has 0 bridgehead atoms. The van der Waals surface area contributed by atoms with Gasteiger partial charge >= 0.3 is 158 Å². The first-order valence-corrected chi connectivity index (χ1v) is 13.1. The summed E-state index contributed by atoms with van der Waals surface area (Å²) in [5.74, 6) is 1.10. The zero-order valence-corrected chi connectivity index (χ0v) is 17.4. The van der Waals surface area contributed by atoms with Gasteiger partial charge in [0, 0.05) is 0 Å². The fourth-order valence-corrected chi connectivity index (χ4v) is 10.7. The van der Waals surface area contributed by atoms with E-state index in [-0.39, 0.29) is 5.41 Å². The van der Waals surface area contributed by atoms with Gasteiger partial charge in [-0.25, -0.2) is 0 Å². The molecule has 2 heterocycles. The molecule has 4 rings (SSSR count). The van der Waals surface area contributed by atoms with Gasteiger partial charge in [-0.3, -0.25) is 0 Å². The van der Waals surface area contributed by atoms with Gasteiger partial charge in [0.1, 0.15) is 0 Å². The number of H-pyrrole nitrogens is 1. The Labute approximate surface area is 157 Å². The maximum atomic E-state index is 4.84. The molecule has 2 aliphatic rings. The molecule has 3 nitrogen and oxygen atoms in total. The van der Waals surface area contributed by atoms with Gasteiger partial charge in [-0.05, 0) is 0 Å². The van der Waals surface area contributed by atoms with E-state index >= 15 is 0 Å². The quantitative estimate of drug-likeness (QED) is 0.421. The summed E-state index contributed by atoms with van der Waals surface area (Å²) < 4.78 is 3.58. The van der Waals surface area contributed by atoms with Crippen LogP contribution in [0.3, 0.4) is 0 Å². The van der Waals surface area contributed by atoms with E-state index in [9.17, 15) is 0 Å². The van der Waals surface area contributed by atoms with Gasteiger partial charge < -0.3 is 0 Å². The van der Waals surface area contributed by atoms with Crippen LogP contribution in [-0.4, -0.2) is 41.7 Å². The van der Waals surface area contributed by atoms with Crippen LogP contribution in [-0.2, 0) is 5.41 Å². The Morgan fingerprint density at radius 2 is 1.96 bits per heavy atom. The van der Waals surface area contributed by atoms with Gasteiger partial charge in [-0.1, -0.05) is 0 Å².